The Labute approximate surface area is 140 Å². The van der Waals surface area contributed by atoms with Gasteiger partial charge in [-0.05, 0) is 82.1 Å². The number of hydrogen-bond acceptors (Lipinski definition) is 1. The van der Waals surface area contributed by atoms with Gasteiger partial charge in [0.1, 0.15) is 5.75 Å². The second kappa shape index (κ2) is 9.42. The van der Waals surface area contributed by atoms with E-state index in [0.717, 1.165) is 34.9 Å². The number of hydrogen-bond donors (Lipinski definition) is 1. The molecule has 1 fully saturated rings. The second-order valence-electron chi connectivity index (χ2n) is 6.69. The molecule has 0 radical (unpaired) electrons. The Morgan fingerprint density at radius 1 is 0.955 bits per heavy atom. The molecule has 0 amide bonds. The summed E-state index contributed by atoms with van der Waals surface area (Å²) >= 11 is 6.05. The van der Waals surface area contributed by atoms with Crippen LogP contribution in [0.2, 0.25) is 5.02 Å². The molecule has 2 nitrogen and oxygen atoms in total. The molecule has 0 atom stereocenters. The van der Waals surface area contributed by atoms with E-state index in [1.165, 1.54) is 58.2 Å². The first-order valence-electron chi connectivity index (χ1n) is 8.90. The highest BCUT2D eigenvalue weighted by Gasteiger charge is 2.12. The van der Waals surface area contributed by atoms with Gasteiger partial charge in [-0.2, -0.15) is 0 Å². The quantitative estimate of drug-likeness (QED) is 0.714. The maximum Gasteiger partial charge on any atom is 0.125 e. The molecular weight excluding hydrogens is 294 g/mol. The molecule has 1 aliphatic rings. The van der Waals surface area contributed by atoms with E-state index in [1.54, 1.807) is 0 Å². The SMILES string of the molecule is Cc1cc(Cl)cc(C)c1OCCCCCC[NH+]1CCCCC1. The number of likely N-dealkylation sites (tertiary alicyclic amines) is 1. The van der Waals surface area contributed by atoms with Crippen molar-refractivity contribution >= 4 is 11.6 Å². The molecule has 124 valence electrons. The molecule has 1 heterocycles. The summed E-state index contributed by atoms with van der Waals surface area (Å²) in [6.07, 6.45) is 9.45. The van der Waals surface area contributed by atoms with Crippen molar-refractivity contribution in [1.82, 2.24) is 0 Å². The number of halogens is 1. The summed E-state index contributed by atoms with van der Waals surface area (Å²) in [6.45, 7) is 9.12. The van der Waals surface area contributed by atoms with Crippen LogP contribution < -0.4 is 9.64 Å². The minimum absolute atomic E-state index is 0.794. The summed E-state index contributed by atoms with van der Waals surface area (Å²) in [5.74, 6) is 1.02. The molecule has 1 aromatic rings. The molecule has 1 aromatic carbocycles. The molecule has 22 heavy (non-hydrogen) atoms. The number of rotatable bonds is 8. The fraction of sp³-hybridized carbons (Fsp3) is 0.684. The summed E-state index contributed by atoms with van der Waals surface area (Å²) in [5.41, 5.74) is 2.28. The molecule has 0 aromatic heterocycles. The number of aryl methyl sites for hydroxylation is 2. The van der Waals surface area contributed by atoms with Crippen molar-refractivity contribution in [2.24, 2.45) is 0 Å². The lowest BCUT2D eigenvalue weighted by Gasteiger charge is -2.23. The molecule has 2 rings (SSSR count). The Bertz CT molecular complexity index is 432. The van der Waals surface area contributed by atoms with E-state index in [-0.39, 0.29) is 0 Å². The lowest BCUT2D eigenvalue weighted by molar-refractivity contribution is -0.905. The van der Waals surface area contributed by atoms with Crippen LogP contribution in [0, 0.1) is 13.8 Å². The third kappa shape index (κ3) is 5.81. The summed E-state index contributed by atoms with van der Waals surface area (Å²) in [4.78, 5) is 1.83. The average molecular weight is 325 g/mol. The van der Waals surface area contributed by atoms with E-state index in [1.807, 2.05) is 17.0 Å². The monoisotopic (exact) mass is 324 g/mol. The summed E-state index contributed by atoms with van der Waals surface area (Å²) in [5, 5.41) is 0.794. The number of ether oxygens (including phenoxy) is 1. The maximum absolute atomic E-state index is 6.05. The van der Waals surface area contributed by atoms with E-state index < -0.39 is 0 Å². The lowest BCUT2D eigenvalue weighted by atomic mass is 10.1. The van der Waals surface area contributed by atoms with E-state index in [4.69, 9.17) is 16.3 Å². The third-order valence-electron chi connectivity index (χ3n) is 4.66. The van der Waals surface area contributed by atoms with Gasteiger partial charge in [-0.3, -0.25) is 0 Å². The Hall–Kier alpha value is -0.730. The van der Waals surface area contributed by atoms with Gasteiger partial charge >= 0.3 is 0 Å². The van der Waals surface area contributed by atoms with Crippen LogP contribution in [-0.2, 0) is 0 Å². The third-order valence-corrected chi connectivity index (χ3v) is 4.88. The van der Waals surface area contributed by atoms with Gasteiger partial charge in [0.25, 0.3) is 0 Å². The Morgan fingerprint density at radius 2 is 1.59 bits per heavy atom. The van der Waals surface area contributed by atoms with Crippen molar-refractivity contribution in [2.75, 3.05) is 26.2 Å². The fourth-order valence-corrected chi connectivity index (χ4v) is 3.76. The smallest absolute Gasteiger partial charge is 0.125 e. The molecule has 1 saturated heterocycles. The normalized spacial score (nSPS) is 16.0. The average Bonchev–Trinajstić information content (AvgIpc) is 2.49. The molecule has 0 spiro atoms. The van der Waals surface area contributed by atoms with Crippen LogP contribution in [0.1, 0.15) is 56.1 Å². The van der Waals surface area contributed by atoms with Crippen molar-refractivity contribution in [3.63, 3.8) is 0 Å². The minimum atomic E-state index is 0.794. The van der Waals surface area contributed by atoms with Crippen molar-refractivity contribution in [3.05, 3.63) is 28.3 Å². The molecule has 0 aliphatic carbocycles. The van der Waals surface area contributed by atoms with Crippen LogP contribution in [0.5, 0.6) is 5.75 Å². The number of nitrogens with one attached hydrogen (secondary N) is 1. The van der Waals surface area contributed by atoms with Crippen molar-refractivity contribution in [2.45, 2.75) is 58.8 Å². The first-order chi connectivity index (χ1) is 10.7. The van der Waals surface area contributed by atoms with Crippen LogP contribution >= 0.6 is 11.6 Å². The zero-order chi connectivity index (χ0) is 15.8. The van der Waals surface area contributed by atoms with Gasteiger partial charge in [-0.15, -0.1) is 0 Å². The Morgan fingerprint density at radius 3 is 2.27 bits per heavy atom. The van der Waals surface area contributed by atoms with Crippen molar-refractivity contribution in [1.29, 1.82) is 0 Å². The number of benzene rings is 1. The highest BCUT2D eigenvalue weighted by Crippen LogP contribution is 2.27. The van der Waals surface area contributed by atoms with Gasteiger partial charge < -0.3 is 9.64 Å². The predicted octanol–water partition coefficient (Wildman–Crippen LogP) is 3.96. The Balaban J connectivity index is 1.56. The number of piperidine rings is 1. The molecule has 0 bridgehead atoms. The van der Waals surface area contributed by atoms with E-state index in [0.29, 0.717) is 0 Å². The van der Waals surface area contributed by atoms with E-state index >= 15 is 0 Å². The largest absolute Gasteiger partial charge is 0.493 e. The highest BCUT2D eigenvalue weighted by molar-refractivity contribution is 6.30. The first-order valence-corrected chi connectivity index (χ1v) is 9.28. The summed E-state index contributed by atoms with van der Waals surface area (Å²) in [6, 6.07) is 3.95. The molecule has 0 unspecified atom stereocenters. The van der Waals surface area contributed by atoms with Gasteiger partial charge in [-0.1, -0.05) is 11.6 Å². The summed E-state index contributed by atoms with van der Waals surface area (Å²) in [7, 11) is 0. The molecule has 1 N–H and O–H groups in total. The van der Waals surface area contributed by atoms with E-state index in [2.05, 4.69) is 13.8 Å². The maximum atomic E-state index is 6.05. The zero-order valence-corrected chi connectivity index (χ0v) is 15.0. The standard InChI is InChI=1S/C19H30ClNO/c1-16-14-18(20)15-17(2)19(16)22-13-9-4-3-6-10-21-11-7-5-8-12-21/h14-15H,3-13H2,1-2H3/p+1. The van der Waals surface area contributed by atoms with Crippen LogP contribution in [0.25, 0.3) is 0 Å². The van der Waals surface area contributed by atoms with Crippen LogP contribution in [0.4, 0.5) is 0 Å². The van der Waals surface area contributed by atoms with Gasteiger partial charge in [0, 0.05) is 5.02 Å². The van der Waals surface area contributed by atoms with Gasteiger partial charge in [0.2, 0.25) is 0 Å². The van der Waals surface area contributed by atoms with Gasteiger partial charge in [-0.25, -0.2) is 0 Å². The number of quaternary nitrogens is 1. The minimum Gasteiger partial charge on any atom is -0.493 e. The van der Waals surface area contributed by atoms with E-state index in [9.17, 15) is 0 Å². The van der Waals surface area contributed by atoms with Gasteiger partial charge in [0.05, 0.1) is 26.2 Å². The van der Waals surface area contributed by atoms with Crippen LogP contribution in [-0.4, -0.2) is 26.2 Å². The van der Waals surface area contributed by atoms with Crippen LogP contribution in [0.15, 0.2) is 12.1 Å². The van der Waals surface area contributed by atoms with Crippen LogP contribution in [0.3, 0.4) is 0 Å². The molecular formula is C19H31ClNO+. The first kappa shape index (κ1) is 17.6. The van der Waals surface area contributed by atoms with Crippen molar-refractivity contribution < 1.29 is 9.64 Å². The lowest BCUT2D eigenvalue weighted by Crippen LogP contribution is -3.12. The zero-order valence-electron chi connectivity index (χ0n) is 14.2. The fourth-order valence-electron chi connectivity index (χ4n) is 3.43. The Kier molecular flexibility index (Phi) is 7.54. The van der Waals surface area contributed by atoms with Crippen molar-refractivity contribution in [3.8, 4) is 5.75 Å². The summed E-state index contributed by atoms with van der Waals surface area (Å²) < 4.78 is 5.96. The predicted molar refractivity (Wildman–Crippen MR) is 94.3 cm³/mol. The second-order valence-corrected chi connectivity index (χ2v) is 7.13. The number of unbranched alkanes of at least 4 members (excludes halogenated alkanes) is 3. The molecule has 3 heteroatoms. The highest BCUT2D eigenvalue weighted by atomic mass is 35.5. The topological polar surface area (TPSA) is 13.7 Å². The van der Waals surface area contributed by atoms with Gasteiger partial charge in [0.15, 0.2) is 0 Å². The molecule has 0 saturated carbocycles. The molecule has 1 aliphatic heterocycles.